The third-order valence-electron chi connectivity index (χ3n) is 3.96. The largest absolute Gasteiger partial charge is 0.507 e. The fourth-order valence-electron chi connectivity index (χ4n) is 2.53. The maximum Gasteiger partial charge on any atom is 0.342 e. The molecule has 0 unspecified atom stereocenters. The molecule has 0 atom stereocenters. The number of nitrogens with one attached hydrogen (secondary N) is 1. The summed E-state index contributed by atoms with van der Waals surface area (Å²) in [7, 11) is 0. The highest BCUT2D eigenvalue weighted by molar-refractivity contribution is 6.31. The molecule has 0 spiro atoms. The van der Waals surface area contributed by atoms with Crippen molar-refractivity contribution in [2.24, 2.45) is 0 Å². The van der Waals surface area contributed by atoms with Gasteiger partial charge in [0.15, 0.2) is 6.61 Å². The summed E-state index contributed by atoms with van der Waals surface area (Å²) >= 11 is 6.01. The van der Waals surface area contributed by atoms with E-state index in [1.54, 1.807) is 25.1 Å². The van der Waals surface area contributed by atoms with E-state index in [9.17, 15) is 14.7 Å². The van der Waals surface area contributed by atoms with Gasteiger partial charge in [0.1, 0.15) is 11.3 Å². The van der Waals surface area contributed by atoms with Crippen LogP contribution in [0.5, 0.6) is 5.75 Å². The molecule has 132 valence electrons. The van der Waals surface area contributed by atoms with E-state index in [0.717, 1.165) is 16.3 Å². The van der Waals surface area contributed by atoms with Gasteiger partial charge in [-0.3, -0.25) is 4.79 Å². The van der Waals surface area contributed by atoms with Crippen molar-refractivity contribution in [3.63, 3.8) is 0 Å². The number of carbonyl (C=O) groups is 2. The highest BCUT2D eigenvalue weighted by Crippen LogP contribution is 2.26. The van der Waals surface area contributed by atoms with Gasteiger partial charge in [0.05, 0.1) is 0 Å². The number of aromatic hydroxyl groups is 1. The summed E-state index contributed by atoms with van der Waals surface area (Å²) in [5.41, 5.74) is 1.28. The summed E-state index contributed by atoms with van der Waals surface area (Å²) in [5.74, 6) is -1.46. The monoisotopic (exact) mass is 369 g/mol. The van der Waals surface area contributed by atoms with Crippen LogP contribution in [0.1, 0.15) is 15.9 Å². The average Bonchev–Trinajstić information content (AvgIpc) is 2.63. The van der Waals surface area contributed by atoms with Gasteiger partial charge in [-0.15, -0.1) is 0 Å². The fourth-order valence-corrected chi connectivity index (χ4v) is 2.70. The predicted octanol–water partition coefficient (Wildman–Crippen LogP) is 4.30. The molecule has 0 aromatic heterocycles. The Morgan fingerprint density at radius 2 is 1.77 bits per heavy atom. The quantitative estimate of drug-likeness (QED) is 0.672. The van der Waals surface area contributed by atoms with Gasteiger partial charge in [0, 0.05) is 10.7 Å². The zero-order chi connectivity index (χ0) is 18.7. The number of benzene rings is 3. The third-order valence-corrected chi connectivity index (χ3v) is 4.37. The first-order valence-electron chi connectivity index (χ1n) is 7.89. The molecule has 0 aliphatic rings. The van der Waals surface area contributed by atoms with Crippen LogP contribution >= 0.6 is 11.6 Å². The molecule has 0 radical (unpaired) electrons. The van der Waals surface area contributed by atoms with Crippen LogP contribution in [0, 0.1) is 6.92 Å². The molecule has 0 saturated carbocycles. The molecule has 0 saturated heterocycles. The minimum absolute atomic E-state index is 0.00966. The lowest BCUT2D eigenvalue weighted by Gasteiger charge is -2.10. The number of ether oxygens (including phenoxy) is 1. The van der Waals surface area contributed by atoms with Gasteiger partial charge < -0.3 is 15.2 Å². The van der Waals surface area contributed by atoms with E-state index in [0.29, 0.717) is 10.7 Å². The first-order chi connectivity index (χ1) is 12.5. The second kappa shape index (κ2) is 7.45. The number of esters is 1. The Bertz CT molecular complexity index is 1000. The summed E-state index contributed by atoms with van der Waals surface area (Å²) in [6.07, 6.45) is 0. The maximum absolute atomic E-state index is 12.2. The van der Waals surface area contributed by atoms with Crippen molar-refractivity contribution in [3.05, 3.63) is 70.7 Å². The number of halogens is 1. The molecule has 3 aromatic rings. The van der Waals surface area contributed by atoms with Crippen LogP contribution in [-0.2, 0) is 9.53 Å². The Balaban J connectivity index is 1.68. The van der Waals surface area contributed by atoms with Gasteiger partial charge in [-0.1, -0.05) is 41.9 Å². The van der Waals surface area contributed by atoms with E-state index in [4.69, 9.17) is 16.3 Å². The summed E-state index contributed by atoms with van der Waals surface area (Å²) in [6.45, 7) is 1.30. The SMILES string of the molecule is Cc1c(Cl)cccc1NC(=O)COC(=O)c1cc2ccccc2cc1O. The van der Waals surface area contributed by atoms with Crippen molar-refractivity contribution < 1.29 is 19.4 Å². The topological polar surface area (TPSA) is 75.6 Å². The van der Waals surface area contributed by atoms with Crippen LogP contribution in [0.15, 0.2) is 54.6 Å². The van der Waals surface area contributed by atoms with Gasteiger partial charge in [0.2, 0.25) is 0 Å². The van der Waals surface area contributed by atoms with Crippen molar-refractivity contribution in [2.75, 3.05) is 11.9 Å². The molecule has 0 heterocycles. The van der Waals surface area contributed by atoms with Crippen LogP contribution in [0.2, 0.25) is 5.02 Å². The van der Waals surface area contributed by atoms with Crippen molar-refractivity contribution in [1.82, 2.24) is 0 Å². The van der Waals surface area contributed by atoms with Crippen molar-refractivity contribution >= 4 is 39.9 Å². The van der Waals surface area contributed by atoms with Crippen LogP contribution in [0.25, 0.3) is 10.8 Å². The lowest BCUT2D eigenvalue weighted by molar-refractivity contribution is -0.119. The molecule has 26 heavy (non-hydrogen) atoms. The Labute approximate surface area is 155 Å². The highest BCUT2D eigenvalue weighted by atomic mass is 35.5. The van der Waals surface area contributed by atoms with Crippen LogP contribution < -0.4 is 5.32 Å². The molecule has 6 heteroatoms. The number of anilines is 1. The molecule has 3 aromatic carbocycles. The first-order valence-corrected chi connectivity index (χ1v) is 8.27. The summed E-state index contributed by atoms with van der Waals surface area (Å²) in [6, 6.07) is 15.5. The van der Waals surface area contributed by atoms with Crippen LogP contribution in [-0.4, -0.2) is 23.6 Å². The number of amides is 1. The number of fused-ring (bicyclic) bond motifs is 1. The molecule has 0 bridgehead atoms. The highest BCUT2D eigenvalue weighted by Gasteiger charge is 2.16. The van der Waals surface area contributed by atoms with E-state index in [2.05, 4.69) is 5.32 Å². The number of rotatable bonds is 4. The fraction of sp³-hybridized carbons (Fsp3) is 0.100. The zero-order valence-corrected chi connectivity index (χ0v) is 14.7. The van der Waals surface area contributed by atoms with Gasteiger partial charge in [0.25, 0.3) is 5.91 Å². The van der Waals surface area contributed by atoms with Gasteiger partial charge in [-0.25, -0.2) is 4.79 Å². The average molecular weight is 370 g/mol. The summed E-state index contributed by atoms with van der Waals surface area (Å²) in [4.78, 5) is 24.2. The van der Waals surface area contributed by atoms with Gasteiger partial charge >= 0.3 is 5.97 Å². The second-order valence-electron chi connectivity index (χ2n) is 5.75. The predicted molar refractivity (Wildman–Crippen MR) is 101 cm³/mol. The Hall–Kier alpha value is -3.05. The molecular formula is C20H16ClNO4. The van der Waals surface area contributed by atoms with E-state index in [-0.39, 0.29) is 11.3 Å². The Morgan fingerprint density at radius 3 is 2.50 bits per heavy atom. The third kappa shape index (κ3) is 3.78. The number of hydrogen-bond donors (Lipinski definition) is 2. The zero-order valence-electron chi connectivity index (χ0n) is 14.0. The normalized spacial score (nSPS) is 10.5. The molecule has 5 nitrogen and oxygen atoms in total. The van der Waals surface area contributed by atoms with Crippen LogP contribution in [0.3, 0.4) is 0 Å². The minimum Gasteiger partial charge on any atom is -0.507 e. The first kappa shape index (κ1) is 17.8. The van der Waals surface area contributed by atoms with E-state index >= 15 is 0 Å². The molecule has 1 amide bonds. The van der Waals surface area contributed by atoms with Gasteiger partial charge in [-0.05, 0) is 47.5 Å². The number of phenolic OH excluding ortho intramolecular Hbond substituents is 1. The van der Waals surface area contributed by atoms with E-state index in [1.165, 1.54) is 12.1 Å². The van der Waals surface area contributed by atoms with Crippen molar-refractivity contribution in [2.45, 2.75) is 6.92 Å². The van der Waals surface area contributed by atoms with Gasteiger partial charge in [-0.2, -0.15) is 0 Å². The Morgan fingerprint density at radius 1 is 1.08 bits per heavy atom. The van der Waals surface area contributed by atoms with E-state index in [1.807, 2.05) is 24.3 Å². The number of hydrogen-bond acceptors (Lipinski definition) is 4. The molecular weight excluding hydrogens is 354 g/mol. The lowest BCUT2D eigenvalue weighted by Crippen LogP contribution is -2.21. The molecule has 2 N–H and O–H groups in total. The molecule has 0 aliphatic heterocycles. The number of phenols is 1. The maximum atomic E-state index is 12.2. The smallest absolute Gasteiger partial charge is 0.342 e. The Kier molecular flexibility index (Phi) is 5.09. The summed E-state index contributed by atoms with van der Waals surface area (Å²) in [5, 5.41) is 14.8. The standard InChI is InChI=1S/C20H16ClNO4/c1-12-16(21)7-4-8-17(12)22-19(24)11-26-20(25)15-9-13-5-2-3-6-14(13)10-18(15)23/h2-10,23H,11H2,1H3,(H,22,24). The number of carbonyl (C=O) groups excluding carboxylic acids is 2. The van der Waals surface area contributed by atoms with Crippen molar-refractivity contribution in [1.29, 1.82) is 0 Å². The molecule has 0 fully saturated rings. The summed E-state index contributed by atoms with van der Waals surface area (Å²) < 4.78 is 5.02. The van der Waals surface area contributed by atoms with Crippen molar-refractivity contribution in [3.8, 4) is 5.75 Å². The molecule has 3 rings (SSSR count). The van der Waals surface area contributed by atoms with E-state index < -0.39 is 18.5 Å². The minimum atomic E-state index is -0.772. The second-order valence-corrected chi connectivity index (χ2v) is 6.16. The van der Waals surface area contributed by atoms with Crippen LogP contribution in [0.4, 0.5) is 5.69 Å². The molecule has 0 aliphatic carbocycles. The lowest BCUT2D eigenvalue weighted by atomic mass is 10.1.